The zero-order valence-corrected chi connectivity index (χ0v) is 12.6. The number of likely N-dealkylation sites (N-methyl/N-ethyl adjacent to an activating group) is 1. The van der Waals surface area contributed by atoms with Gasteiger partial charge in [-0.05, 0) is 43.7 Å². The van der Waals surface area contributed by atoms with Crippen molar-refractivity contribution in [1.82, 2.24) is 5.32 Å². The highest BCUT2D eigenvalue weighted by atomic mass is 35.5. The lowest BCUT2D eigenvalue weighted by Crippen LogP contribution is -2.23. The van der Waals surface area contributed by atoms with Crippen molar-refractivity contribution in [1.29, 1.82) is 0 Å². The third kappa shape index (κ3) is 3.53. The van der Waals surface area contributed by atoms with Gasteiger partial charge in [0, 0.05) is 21.7 Å². The Morgan fingerprint density at radius 1 is 1.26 bits per heavy atom. The van der Waals surface area contributed by atoms with Gasteiger partial charge in [-0.15, -0.1) is 0 Å². The van der Waals surface area contributed by atoms with Crippen molar-refractivity contribution in [3.05, 3.63) is 57.5 Å². The maximum atomic E-state index is 6.24. The molecule has 1 N–H and O–H groups in total. The first-order valence-electron chi connectivity index (χ1n) is 6.33. The third-order valence-electron chi connectivity index (χ3n) is 3.16. The molecule has 0 aliphatic heterocycles. The first-order chi connectivity index (χ1) is 9.11. The molecule has 1 aromatic carbocycles. The highest BCUT2D eigenvalue weighted by Gasteiger charge is 2.16. The van der Waals surface area contributed by atoms with Crippen LogP contribution in [0.3, 0.4) is 0 Å². The van der Waals surface area contributed by atoms with Crippen molar-refractivity contribution in [2.45, 2.75) is 26.3 Å². The fraction of sp³-hybridized carbons (Fsp3) is 0.333. The number of furan rings is 1. The van der Waals surface area contributed by atoms with Crippen LogP contribution < -0.4 is 5.32 Å². The molecular formula is C15H17Cl2NO. The van der Waals surface area contributed by atoms with Gasteiger partial charge in [-0.25, -0.2) is 0 Å². The van der Waals surface area contributed by atoms with Crippen LogP contribution in [-0.2, 0) is 6.42 Å². The Bertz CT molecular complexity index is 551. The molecule has 0 amide bonds. The topological polar surface area (TPSA) is 25.2 Å². The van der Waals surface area contributed by atoms with Gasteiger partial charge < -0.3 is 9.73 Å². The van der Waals surface area contributed by atoms with Crippen molar-refractivity contribution >= 4 is 23.2 Å². The van der Waals surface area contributed by atoms with E-state index in [1.807, 2.05) is 25.1 Å². The average molecular weight is 298 g/mol. The summed E-state index contributed by atoms with van der Waals surface area (Å²) in [6, 6.07) is 7.83. The Morgan fingerprint density at radius 3 is 2.63 bits per heavy atom. The average Bonchev–Trinajstić information content (AvgIpc) is 2.78. The van der Waals surface area contributed by atoms with Crippen molar-refractivity contribution in [3.63, 3.8) is 0 Å². The van der Waals surface area contributed by atoms with Gasteiger partial charge in [0.05, 0.1) is 6.26 Å². The van der Waals surface area contributed by atoms with E-state index in [0.717, 1.165) is 24.3 Å². The molecule has 1 unspecified atom stereocenters. The second-order valence-corrected chi connectivity index (χ2v) is 5.33. The molecular weight excluding hydrogens is 281 g/mol. The molecule has 0 bridgehead atoms. The van der Waals surface area contributed by atoms with Crippen LogP contribution in [0.4, 0.5) is 0 Å². The van der Waals surface area contributed by atoms with Crippen molar-refractivity contribution in [2.75, 3.05) is 6.54 Å². The van der Waals surface area contributed by atoms with Gasteiger partial charge >= 0.3 is 0 Å². The molecule has 0 radical (unpaired) electrons. The number of halogens is 2. The van der Waals surface area contributed by atoms with Gasteiger partial charge in [0.15, 0.2) is 0 Å². The van der Waals surface area contributed by atoms with E-state index in [0.29, 0.717) is 10.0 Å². The van der Waals surface area contributed by atoms with Gasteiger partial charge in [-0.1, -0.05) is 36.2 Å². The first kappa shape index (κ1) is 14.4. The number of aryl methyl sites for hydroxylation is 1. The number of rotatable bonds is 5. The lowest BCUT2D eigenvalue weighted by molar-refractivity contribution is 0.501. The molecule has 2 aromatic rings. The predicted molar refractivity (Wildman–Crippen MR) is 80.0 cm³/mol. The molecule has 0 saturated heterocycles. The van der Waals surface area contributed by atoms with Crippen LogP contribution in [0.25, 0.3) is 0 Å². The van der Waals surface area contributed by atoms with Crippen LogP contribution in [-0.4, -0.2) is 6.54 Å². The fourth-order valence-corrected chi connectivity index (χ4v) is 2.69. The maximum absolute atomic E-state index is 6.24. The zero-order chi connectivity index (χ0) is 13.8. The summed E-state index contributed by atoms with van der Waals surface area (Å²) in [5, 5.41) is 4.83. The molecule has 19 heavy (non-hydrogen) atoms. The van der Waals surface area contributed by atoms with Gasteiger partial charge in [0.25, 0.3) is 0 Å². The molecule has 0 saturated carbocycles. The lowest BCUT2D eigenvalue weighted by atomic mass is 9.99. The molecule has 1 heterocycles. The van der Waals surface area contributed by atoms with Crippen LogP contribution in [0.1, 0.15) is 29.9 Å². The second kappa shape index (κ2) is 6.47. The number of hydrogen-bond donors (Lipinski definition) is 1. The summed E-state index contributed by atoms with van der Waals surface area (Å²) in [4.78, 5) is 0. The van der Waals surface area contributed by atoms with Crippen LogP contribution in [0.15, 0.2) is 34.9 Å². The summed E-state index contributed by atoms with van der Waals surface area (Å²) in [5.41, 5.74) is 2.26. The summed E-state index contributed by atoms with van der Waals surface area (Å²) in [6.45, 7) is 4.95. The molecule has 1 atom stereocenters. The molecule has 0 aliphatic carbocycles. The Labute approximate surface area is 123 Å². The van der Waals surface area contributed by atoms with E-state index < -0.39 is 0 Å². The number of nitrogens with one attached hydrogen (secondary N) is 1. The van der Waals surface area contributed by atoms with Crippen LogP contribution >= 0.6 is 23.2 Å². The highest BCUT2D eigenvalue weighted by molar-refractivity contribution is 6.35. The monoisotopic (exact) mass is 297 g/mol. The van der Waals surface area contributed by atoms with Gasteiger partial charge in [0.2, 0.25) is 0 Å². The Balaban J connectivity index is 2.24. The van der Waals surface area contributed by atoms with Crippen LogP contribution in [0.2, 0.25) is 10.0 Å². The molecule has 1 aromatic heterocycles. The van der Waals surface area contributed by atoms with E-state index >= 15 is 0 Å². The minimum atomic E-state index is 0.197. The minimum absolute atomic E-state index is 0.197. The molecule has 2 rings (SSSR count). The normalized spacial score (nSPS) is 12.6. The van der Waals surface area contributed by atoms with E-state index in [9.17, 15) is 0 Å². The Hall–Kier alpha value is -0.960. The molecule has 0 fully saturated rings. The van der Waals surface area contributed by atoms with Crippen LogP contribution in [0, 0.1) is 6.92 Å². The van der Waals surface area contributed by atoms with Crippen LogP contribution in [0.5, 0.6) is 0 Å². The Kier molecular flexibility index (Phi) is 4.92. The number of benzene rings is 1. The summed E-state index contributed by atoms with van der Waals surface area (Å²) >= 11 is 12.2. The minimum Gasteiger partial charge on any atom is -0.469 e. The number of hydrogen-bond acceptors (Lipinski definition) is 2. The third-order valence-corrected chi connectivity index (χ3v) is 3.75. The van der Waals surface area contributed by atoms with Crippen molar-refractivity contribution < 1.29 is 4.42 Å². The van der Waals surface area contributed by atoms with Crippen molar-refractivity contribution in [2.24, 2.45) is 0 Å². The predicted octanol–water partition coefficient (Wildman–Crippen LogP) is 4.79. The lowest BCUT2D eigenvalue weighted by Gasteiger charge is -2.18. The van der Waals surface area contributed by atoms with Gasteiger partial charge in [-0.3, -0.25) is 0 Å². The standard InChI is InChI=1S/C15H17Cl2NO/c1-3-18-15(13-6-7-19-10(13)2)8-11-4-5-12(16)9-14(11)17/h4-7,9,15,18H,3,8H2,1-2H3. The summed E-state index contributed by atoms with van der Waals surface area (Å²) < 4.78 is 5.38. The zero-order valence-electron chi connectivity index (χ0n) is 11.0. The largest absolute Gasteiger partial charge is 0.469 e. The highest BCUT2D eigenvalue weighted by Crippen LogP contribution is 2.27. The molecule has 0 spiro atoms. The smallest absolute Gasteiger partial charge is 0.105 e. The molecule has 0 aliphatic rings. The van der Waals surface area contributed by atoms with E-state index in [2.05, 4.69) is 12.2 Å². The SMILES string of the molecule is CCNC(Cc1ccc(Cl)cc1Cl)c1ccoc1C. The van der Waals surface area contributed by atoms with E-state index in [-0.39, 0.29) is 6.04 Å². The van der Waals surface area contributed by atoms with Gasteiger partial charge in [0.1, 0.15) is 5.76 Å². The maximum Gasteiger partial charge on any atom is 0.105 e. The molecule has 2 nitrogen and oxygen atoms in total. The summed E-state index contributed by atoms with van der Waals surface area (Å²) in [5.74, 6) is 0.941. The van der Waals surface area contributed by atoms with Gasteiger partial charge in [-0.2, -0.15) is 0 Å². The fourth-order valence-electron chi connectivity index (χ4n) is 2.20. The second-order valence-electron chi connectivity index (χ2n) is 4.48. The van der Waals surface area contributed by atoms with E-state index in [1.54, 1.807) is 12.3 Å². The molecule has 4 heteroatoms. The molecule has 102 valence electrons. The quantitative estimate of drug-likeness (QED) is 0.858. The first-order valence-corrected chi connectivity index (χ1v) is 7.08. The van der Waals surface area contributed by atoms with E-state index in [1.165, 1.54) is 5.56 Å². The summed E-state index contributed by atoms with van der Waals surface area (Å²) in [7, 11) is 0. The van der Waals surface area contributed by atoms with E-state index in [4.69, 9.17) is 27.6 Å². The summed E-state index contributed by atoms with van der Waals surface area (Å²) in [6.07, 6.45) is 2.53. The Morgan fingerprint density at radius 2 is 2.05 bits per heavy atom. The van der Waals surface area contributed by atoms with Crippen molar-refractivity contribution in [3.8, 4) is 0 Å².